The Morgan fingerprint density at radius 1 is 1.19 bits per heavy atom. The van der Waals surface area contributed by atoms with Gasteiger partial charge in [0, 0.05) is 35.8 Å². The number of sulfonamides is 1. The van der Waals surface area contributed by atoms with Crippen LogP contribution in [0.3, 0.4) is 0 Å². The fraction of sp³-hybridized carbons (Fsp3) is 0.429. The smallest absolute Gasteiger partial charge is 0.244 e. The highest BCUT2D eigenvalue weighted by Crippen LogP contribution is 2.31. The summed E-state index contributed by atoms with van der Waals surface area (Å²) in [5.41, 5.74) is 0.148. The standard InChI is InChI=1S/C21H24Cl2N4O3S/c1-21(2,3)27-13-14(12-24)10-19(27)25-20(28)15-6-8-26(9-7-15)31(29,30)18-11-16(22)4-5-17(18)23/h4-5,10-11,13,15H,6-9H2,1-3H3,(H,25,28). The molecule has 2 heterocycles. The quantitative estimate of drug-likeness (QED) is 0.695. The molecule has 31 heavy (non-hydrogen) atoms. The van der Waals surface area contributed by atoms with Crippen LogP contribution in [-0.4, -0.2) is 36.3 Å². The third-order valence-corrected chi connectivity index (χ3v) is 7.87. The van der Waals surface area contributed by atoms with Gasteiger partial charge in [0.2, 0.25) is 15.9 Å². The number of halogens is 2. The van der Waals surface area contributed by atoms with Gasteiger partial charge in [0.15, 0.2) is 0 Å². The molecule has 1 fully saturated rings. The van der Waals surface area contributed by atoms with Crippen molar-refractivity contribution in [2.75, 3.05) is 18.4 Å². The fourth-order valence-electron chi connectivity index (χ4n) is 3.58. The maximum atomic E-state index is 13.0. The predicted octanol–water partition coefficient (Wildman–Crippen LogP) is 4.46. The Kier molecular flexibility index (Phi) is 6.72. The lowest BCUT2D eigenvalue weighted by Crippen LogP contribution is -2.41. The van der Waals surface area contributed by atoms with E-state index in [2.05, 4.69) is 11.4 Å². The van der Waals surface area contributed by atoms with Gasteiger partial charge >= 0.3 is 0 Å². The number of aromatic nitrogens is 1. The first-order valence-corrected chi connectivity index (χ1v) is 12.0. The number of anilines is 1. The molecule has 1 saturated heterocycles. The second-order valence-electron chi connectivity index (χ2n) is 8.51. The number of hydrogen-bond donors (Lipinski definition) is 1. The first kappa shape index (κ1) is 23.6. The number of nitriles is 1. The number of amides is 1. The van der Waals surface area contributed by atoms with Crippen LogP contribution in [0.4, 0.5) is 5.82 Å². The maximum Gasteiger partial charge on any atom is 0.244 e. The zero-order valence-corrected chi connectivity index (χ0v) is 19.9. The van der Waals surface area contributed by atoms with Gasteiger partial charge in [0.1, 0.15) is 16.8 Å². The number of nitrogens with zero attached hydrogens (tertiary/aromatic N) is 3. The molecular weight excluding hydrogens is 459 g/mol. The highest BCUT2D eigenvalue weighted by Gasteiger charge is 2.34. The van der Waals surface area contributed by atoms with Crippen molar-refractivity contribution >= 4 is 45.0 Å². The van der Waals surface area contributed by atoms with E-state index in [1.807, 2.05) is 25.3 Å². The Labute approximate surface area is 192 Å². The molecule has 1 aliphatic rings. The number of rotatable bonds is 4. The molecule has 3 rings (SSSR count). The van der Waals surface area contributed by atoms with E-state index in [1.54, 1.807) is 12.3 Å². The molecule has 0 saturated carbocycles. The second-order valence-corrected chi connectivity index (χ2v) is 11.3. The highest BCUT2D eigenvalue weighted by atomic mass is 35.5. The summed E-state index contributed by atoms with van der Waals surface area (Å²) >= 11 is 12.0. The molecule has 2 aromatic rings. The van der Waals surface area contributed by atoms with Gasteiger partial charge in [-0.25, -0.2) is 8.42 Å². The number of carbonyl (C=O) groups excluding carboxylic acids is 1. The van der Waals surface area contributed by atoms with Crippen LogP contribution in [0, 0.1) is 17.2 Å². The molecule has 1 amide bonds. The zero-order chi connectivity index (χ0) is 23.0. The number of hydrogen-bond acceptors (Lipinski definition) is 4. The normalized spacial score (nSPS) is 16.1. The van der Waals surface area contributed by atoms with Crippen LogP contribution in [0.25, 0.3) is 0 Å². The topological polar surface area (TPSA) is 95.2 Å². The van der Waals surface area contributed by atoms with Gasteiger partial charge in [0.25, 0.3) is 0 Å². The molecule has 0 aliphatic carbocycles. The summed E-state index contributed by atoms with van der Waals surface area (Å²) in [5.74, 6) is 0.0240. The third kappa shape index (κ3) is 5.07. The third-order valence-electron chi connectivity index (χ3n) is 5.26. The minimum Gasteiger partial charge on any atom is -0.328 e. The number of nitrogens with one attached hydrogen (secondary N) is 1. The van der Waals surface area contributed by atoms with Crippen molar-refractivity contribution in [1.29, 1.82) is 5.26 Å². The lowest BCUT2D eigenvalue weighted by Gasteiger charge is -2.31. The van der Waals surface area contributed by atoms with E-state index in [0.29, 0.717) is 24.2 Å². The molecule has 1 aromatic heterocycles. The van der Waals surface area contributed by atoms with Gasteiger partial charge in [-0.3, -0.25) is 4.79 Å². The molecule has 0 bridgehead atoms. The largest absolute Gasteiger partial charge is 0.328 e. The second kappa shape index (κ2) is 8.83. The van der Waals surface area contributed by atoms with Crippen LogP contribution in [-0.2, 0) is 20.4 Å². The van der Waals surface area contributed by atoms with Gasteiger partial charge in [-0.2, -0.15) is 9.57 Å². The van der Waals surface area contributed by atoms with Crippen LogP contribution in [0.5, 0.6) is 0 Å². The zero-order valence-electron chi connectivity index (χ0n) is 17.5. The summed E-state index contributed by atoms with van der Waals surface area (Å²) in [5, 5.41) is 12.5. The van der Waals surface area contributed by atoms with Crippen LogP contribution in [0.2, 0.25) is 10.0 Å². The van der Waals surface area contributed by atoms with E-state index in [4.69, 9.17) is 23.2 Å². The molecule has 10 heteroatoms. The summed E-state index contributed by atoms with van der Waals surface area (Å²) in [6.45, 7) is 6.34. The van der Waals surface area contributed by atoms with Crippen LogP contribution >= 0.6 is 23.2 Å². The van der Waals surface area contributed by atoms with Gasteiger partial charge in [-0.1, -0.05) is 23.2 Å². The van der Waals surface area contributed by atoms with E-state index in [9.17, 15) is 18.5 Å². The SMILES string of the molecule is CC(C)(C)n1cc(C#N)cc1NC(=O)C1CCN(S(=O)(=O)c2cc(Cl)ccc2Cl)CC1. The highest BCUT2D eigenvalue weighted by molar-refractivity contribution is 7.89. The Hall–Kier alpha value is -2.05. The molecule has 1 N–H and O–H groups in total. The van der Waals surface area contributed by atoms with E-state index < -0.39 is 10.0 Å². The molecule has 0 spiro atoms. The Balaban J connectivity index is 1.70. The summed E-state index contributed by atoms with van der Waals surface area (Å²) in [4.78, 5) is 12.8. The van der Waals surface area contributed by atoms with E-state index >= 15 is 0 Å². The fourth-order valence-corrected chi connectivity index (χ4v) is 5.78. The Morgan fingerprint density at radius 2 is 1.84 bits per heavy atom. The average molecular weight is 483 g/mol. The van der Waals surface area contributed by atoms with Crippen molar-refractivity contribution in [3.8, 4) is 6.07 Å². The summed E-state index contributed by atoms with van der Waals surface area (Å²) < 4.78 is 29.1. The van der Waals surface area contributed by atoms with E-state index in [1.165, 1.54) is 22.5 Å². The van der Waals surface area contributed by atoms with Gasteiger partial charge < -0.3 is 9.88 Å². The van der Waals surface area contributed by atoms with Crippen molar-refractivity contribution in [3.63, 3.8) is 0 Å². The average Bonchev–Trinajstić information content (AvgIpc) is 3.13. The molecule has 1 aliphatic heterocycles. The number of carbonyl (C=O) groups is 1. The minimum atomic E-state index is -3.80. The first-order valence-electron chi connectivity index (χ1n) is 9.82. The van der Waals surface area contributed by atoms with Crippen molar-refractivity contribution in [3.05, 3.63) is 46.1 Å². The lowest BCUT2D eigenvalue weighted by atomic mass is 9.97. The first-order chi connectivity index (χ1) is 14.4. The maximum absolute atomic E-state index is 13.0. The molecular formula is C21H24Cl2N4O3S. The molecule has 1 aromatic carbocycles. The predicted molar refractivity (Wildman–Crippen MR) is 121 cm³/mol. The van der Waals surface area contributed by atoms with E-state index in [0.717, 1.165) is 0 Å². The summed E-state index contributed by atoms with van der Waals surface area (Å²) in [6.07, 6.45) is 2.47. The van der Waals surface area contributed by atoms with Gasteiger partial charge in [0.05, 0.1) is 10.6 Å². The van der Waals surface area contributed by atoms with Crippen molar-refractivity contribution in [2.24, 2.45) is 5.92 Å². The van der Waals surface area contributed by atoms with Crippen LogP contribution in [0.15, 0.2) is 35.4 Å². The summed E-state index contributed by atoms with van der Waals surface area (Å²) in [6, 6.07) is 8.06. The van der Waals surface area contributed by atoms with Gasteiger partial charge in [-0.05, 0) is 57.9 Å². The number of benzene rings is 1. The molecule has 0 radical (unpaired) electrons. The van der Waals surface area contributed by atoms with Crippen molar-refractivity contribution in [1.82, 2.24) is 8.87 Å². The lowest BCUT2D eigenvalue weighted by molar-refractivity contribution is -0.121. The van der Waals surface area contributed by atoms with Crippen molar-refractivity contribution in [2.45, 2.75) is 44.0 Å². The Morgan fingerprint density at radius 3 is 2.42 bits per heavy atom. The molecule has 0 unspecified atom stereocenters. The number of piperidine rings is 1. The van der Waals surface area contributed by atoms with Crippen LogP contribution in [0.1, 0.15) is 39.2 Å². The van der Waals surface area contributed by atoms with E-state index in [-0.39, 0.29) is 45.4 Å². The minimum absolute atomic E-state index is 0.0309. The Bertz CT molecular complexity index is 1140. The monoisotopic (exact) mass is 482 g/mol. The van der Waals surface area contributed by atoms with Crippen LogP contribution < -0.4 is 5.32 Å². The molecule has 166 valence electrons. The van der Waals surface area contributed by atoms with Gasteiger partial charge in [-0.15, -0.1) is 0 Å². The summed E-state index contributed by atoms with van der Waals surface area (Å²) in [7, 11) is -3.80. The molecule has 7 nitrogen and oxygen atoms in total. The van der Waals surface area contributed by atoms with Crippen molar-refractivity contribution < 1.29 is 13.2 Å². The molecule has 0 atom stereocenters.